The van der Waals surface area contributed by atoms with E-state index in [4.69, 9.17) is 0 Å². The molecule has 70 heavy (non-hydrogen) atoms. The molecule has 0 radical (unpaired) electrons. The smallest absolute Gasteiger partial charge is 0.179 e. The topological polar surface area (TPSA) is 24.0 Å². The van der Waals surface area contributed by atoms with Crippen LogP contribution in [0.15, 0.2) is 279 Å². The van der Waals surface area contributed by atoms with E-state index in [2.05, 4.69) is 294 Å². The van der Waals surface area contributed by atoms with Crippen LogP contribution in [0.5, 0.6) is 0 Å². The lowest BCUT2D eigenvalue weighted by Gasteiger charge is -2.35. The van der Waals surface area contributed by atoms with Gasteiger partial charge in [-0.05, 0) is 104 Å². The van der Waals surface area contributed by atoms with Crippen LogP contribution in [0.1, 0.15) is 0 Å². The van der Waals surface area contributed by atoms with Crippen molar-refractivity contribution in [2.75, 3.05) is 4.90 Å². The van der Waals surface area contributed by atoms with Gasteiger partial charge in [0.2, 0.25) is 0 Å². The number of fused-ring (bicyclic) bond motifs is 6. The molecule has 0 atom stereocenters. The van der Waals surface area contributed by atoms with E-state index in [1.165, 1.54) is 75.6 Å². The lowest BCUT2D eigenvalue weighted by molar-refractivity contribution is 1.18. The second-order valence-corrected chi connectivity index (χ2v) is 21.9. The van der Waals surface area contributed by atoms with Crippen molar-refractivity contribution in [3.05, 3.63) is 279 Å². The van der Waals surface area contributed by atoms with E-state index < -0.39 is 8.07 Å². The zero-order valence-electron chi connectivity index (χ0n) is 38.5. The van der Waals surface area contributed by atoms with Crippen LogP contribution in [0, 0.1) is 0 Å². The van der Waals surface area contributed by atoms with E-state index in [-0.39, 0.29) is 0 Å². The molecule has 0 aliphatic carbocycles. The molecule has 0 fully saturated rings. The van der Waals surface area contributed by atoms with Crippen LogP contribution in [-0.4, -0.2) is 17.6 Å². The normalized spacial score (nSPS) is 11.7. The fraction of sp³-hybridized carbons (Fsp3) is 0. The lowest BCUT2D eigenvalue weighted by atomic mass is 10.0. The Morgan fingerprint density at radius 1 is 0.300 bits per heavy atom. The molecule has 0 unspecified atom stereocenters. The molecule has 4 heteroatoms. The Labute approximate surface area is 408 Å². The van der Waals surface area contributed by atoms with Gasteiger partial charge in [-0.3, -0.25) is 0 Å². The van der Waals surface area contributed by atoms with Crippen LogP contribution in [0.3, 0.4) is 0 Å². The fourth-order valence-corrected chi connectivity index (χ4v) is 15.8. The van der Waals surface area contributed by atoms with E-state index in [0.717, 1.165) is 33.8 Å². The molecule has 1 N–H and O–H groups in total. The molecule has 11 aromatic carbocycles. The molecule has 0 amide bonds. The van der Waals surface area contributed by atoms with Crippen molar-refractivity contribution in [3.8, 4) is 27.9 Å². The van der Waals surface area contributed by atoms with Gasteiger partial charge >= 0.3 is 0 Å². The number of nitrogens with one attached hydrogen (secondary N) is 1. The van der Waals surface area contributed by atoms with E-state index in [1.54, 1.807) is 0 Å². The third-order valence-corrected chi connectivity index (χ3v) is 19.1. The number of para-hydroxylation sites is 4. The molecule has 13 rings (SSSR count). The Bertz CT molecular complexity index is 3800. The predicted octanol–water partition coefficient (Wildman–Crippen LogP) is 14.6. The highest BCUT2D eigenvalue weighted by Crippen LogP contribution is 2.39. The van der Waals surface area contributed by atoms with Gasteiger partial charge in [-0.15, -0.1) is 0 Å². The van der Waals surface area contributed by atoms with Crippen molar-refractivity contribution in [2.45, 2.75) is 0 Å². The maximum Gasteiger partial charge on any atom is 0.179 e. The molecule has 13 aromatic rings. The summed E-state index contributed by atoms with van der Waals surface area (Å²) in [7, 11) is -2.71. The Morgan fingerprint density at radius 2 is 0.700 bits per heavy atom. The van der Waals surface area contributed by atoms with Crippen molar-refractivity contribution >= 4 is 89.5 Å². The molecule has 3 nitrogen and oxygen atoms in total. The second kappa shape index (κ2) is 17.3. The summed E-state index contributed by atoms with van der Waals surface area (Å²) in [5, 5.41) is 10.4. The van der Waals surface area contributed by atoms with Gasteiger partial charge in [0, 0.05) is 55.4 Å². The minimum absolute atomic E-state index is 1.08. The Balaban J connectivity index is 0.907. The molecule has 0 spiro atoms. The van der Waals surface area contributed by atoms with Crippen LogP contribution < -0.4 is 25.6 Å². The van der Waals surface area contributed by atoms with Gasteiger partial charge < -0.3 is 14.5 Å². The molecule has 2 aromatic heterocycles. The summed E-state index contributed by atoms with van der Waals surface area (Å²) in [6, 6.07) is 102. The monoisotopic (exact) mass is 909 g/mol. The number of H-pyrrole nitrogens is 1. The number of hydrogen-bond donors (Lipinski definition) is 1. The summed E-state index contributed by atoms with van der Waals surface area (Å²) in [5.41, 5.74) is 13.8. The Hall–Kier alpha value is -8.96. The highest BCUT2D eigenvalue weighted by atomic mass is 28.3. The highest BCUT2D eigenvalue weighted by molar-refractivity contribution is 7.19. The van der Waals surface area contributed by atoms with E-state index in [1.807, 2.05) is 0 Å². The van der Waals surface area contributed by atoms with Gasteiger partial charge in [-0.2, -0.15) is 0 Å². The first-order valence-corrected chi connectivity index (χ1v) is 26.1. The SMILES string of the molecule is c1ccc([Si](c2ccccc2)(c2ccccc2)c2ccc(N(c3ccc(-c4ccc(-n5c6ccccc6c6ccccc65)cc4)cc3)c3ccc(-c4cccc5c4[nH]c4ccccc45)cc3)cc2)cc1. The number of aromatic amines is 1. The first-order chi connectivity index (χ1) is 34.7. The number of benzene rings is 11. The minimum Gasteiger partial charge on any atom is -0.354 e. The van der Waals surface area contributed by atoms with Crippen molar-refractivity contribution in [1.82, 2.24) is 9.55 Å². The second-order valence-electron chi connectivity index (χ2n) is 18.1. The summed E-state index contributed by atoms with van der Waals surface area (Å²) < 4.78 is 2.37. The van der Waals surface area contributed by atoms with Crippen LogP contribution >= 0.6 is 0 Å². The van der Waals surface area contributed by atoms with Crippen molar-refractivity contribution in [1.29, 1.82) is 0 Å². The maximum absolute atomic E-state index is 3.72. The zero-order valence-corrected chi connectivity index (χ0v) is 39.5. The number of rotatable bonds is 10. The fourth-order valence-electron chi connectivity index (χ4n) is 11.1. The van der Waals surface area contributed by atoms with Gasteiger partial charge in [-0.1, -0.05) is 212 Å². The van der Waals surface area contributed by atoms with E-state index >= 15 is 0 Å². The molecule has 0 bridgehead atoms. The summed E-state index contributed by atoms with van der Waals surface area (Å²) in [6.45, 7) is 0. The molecule has 0 saturated carbocycles. The third-order valence-electron chi connectivity index (χ3n) is 14.3. The first-order valence-electron chi connectivity index (χ1n) is 24.1. The zero-order chi connectivity index (χ0) is 46.4. The summed E-state index contributed by atoms with van der Waals surface area (Å²) in [4.78, 5) is 6.11. The number of hydrogen-bond acceptors (Lipinski definition) is 1. The van der Waals surface area contributed by atoms with Crippen molar-refractivity contribution < 1.29 is 0 Å². The summed E-state index contributed by atoms with van der Waals surface area (Å²) in [5.74, 6) is 0. The van der Waals surface area contributed by atoms with Gasteiger partial charge in [-0.25, -0.2) is 0 Å². The standard InChI is InChI=1S/C66H47N3Si/c1-4-17-54(18-5-1)70(55-19-6-2-7-20-55,56-21-8-3-9-22-56)57-45-43-52(44-46-57)68(51-41-35-49(36-42-51)58-26-16-27-62-59-23-10-13-28-63(59)67-66(58)62)50-37-31-47(32-38-50)48-33-39-53(40-34-48)69-64-29-14-11-24-60(64)61-25-12-15-30-65(61)69/h1-46,67H. The molecular formula is C66H47N3Si. The Morgan fingerprint density at radius 3 is 1.23 bits per heavy atom. The first kappa shape index (κ1) is 41.2. The Kier molecular flexibility index (Phi) is 10.2. The molecule has 0 aliphatic heterocycles. The minimum atomic E-state index is -2.71. The van der Waals surface area contributed by atoms with Gasteiger partial charge in [0.1, 0.15) is 0 Å². The van der Waals surface area contributed by atoms with Gasteiger partial charge in [0.25, 0.3) is 0 Å². The third kappa shape index (κ3) is 6.88. The van der Waals surface area contributed by atoms with Crippen molar-refractivity contribution in [2.24, 2.45) is 0 Å². The molecular weight excluding hydrogens is 863 g/mol. The highest BCUT2D eigenvalue weighted by Gasteiger charge is 2.41. The van der Waals surface area contributed by atoms with Gasteiger partial charge in [0.15, 0.2) is 8.07 Å². The quantitative estimate of drug-likeness (QED) is 0.107. The number of nitrogens with zero attached hydrogens (tertiary/aromatic N) is 2. The average Bonchev–Trinajstić information content (AvgIpc) is 3.99. The number of anilines is 3. The molecule has 330 valence electrons. The number of aromatic nitrogens is 2. The van der Waals surface area contributed by atoms with Gasteiger partial charge in [0.05, 0.1) is 16.6 Å². The predicted molar refractivity (Wildman–Crippen MR) is 299 cm³/mol. The van der Waals surface area contributed by atoms with E-state index in [9.17, 15) is 0 Å². The van der Waals surface area contributed by atoms with E-state index in [0.29, 0.717) is 0 Å². The summed E-state index contributed by atoms with van der Waals surface area (Å²) >= 11 is 0. The largest absolute Gasteiger partial charge is 0.354 e. The molecule has 2 heterocycles. The maximum atomic E-state index is 3.72. The van der Waals surface area contributed by atoms with Crippen LogP contribution in [0.25, 0.3) is 71.6 Å². The average molecular weight is 910 g/mol. The van der Waals surface area contributed by atoms with Crippen LogP contribution in [0.2, 0.25) is 0 Å². The lowest BCUT2D eigenvalue weighted by Crippen LogP contribution is -2.74. The van der Waals surface area contributed by atoms with Crippen LogP contribution in [0.4, 0.5) is 17.1 Å². The molecule has 0 aliphatic rings. The summed E-state index contributed by atoms with van der Waals surface area (Å²) in [6.07, 6.45) is 0. The van der Waals surface area contributed by atoms with Crippen molar-refractivity contribution in [3.63, 3.8) is 0 Å². The van der Waals surface area contributed by atoms with Crippen LogP contribution in [-0.2, 0) is 0 Å². The molecule has 0 saturated heterocycles.